The zero-order valence-electron chi connectivity index (χ0n) is 30.2. The predicted molar refractivity (Wildman–Crippen MR) is 179 cm³/mol. The maximum Gasteiger partial charge on any atom is 0.155 e. The summed E-state index contributed by atoms with van der Waals surface area (Å²) in [5, 5.41) is 41.2. The molecule has 0 aromatic carbocycles. The standard InChI is InChI=1S/C20H29FO3.C20H30N2O2/c1-17-8-6-13(22)10-12(17)4-5-15-14-7-9-19(3,24)18(14,2)11-16(23)20(15,17)21;1-18-11-17-16(21-24-22-17)10-12(18)4-5-13-14(18)6-8-19(2)15(13)7-9-20(19,3)23/h10,14-16,23-24H,4-9,11H2,1-3H3;12-15,23H,4-11H2,1-3H3/t14-,15-,16-,17-,18-,19-,20-;12-,13+,14-,15-,18-,19-,20-/m00/s1. The lowest BCUT2D eigenvalue weighted by Crippen LogP contribution is -2.68. The lowest BCUT2D eigenvalue weighted by molar-refractivity contribution is -0.225. The molecule has 6 saturated carbocycles. The van der Waals surface area contributed by atoms with Gasteiger partial charge in [-0.15, -0.1) is 0 Å². The molecule has 1 heterocycles. The van der Waals surface area contributed by atoms with Gasteiger partial charge in [-0.3, -0.25) is 4.79 Å². The van der Waals surface area contributed by atoms with E-state index in [1.807, 2.05) is 20.8 Å². The van der Waals surface area contributed by atoms with Gasteiger partial charge in [0.15, 0.2) is 5.78 Å². The monoisotopic (exact) mass is 666 g/mol. The number of aliphatic hydroxyl groups excluding tert-OH is 1. The fourth-order valence-electron chi connectivity index (χ4n) is 14.3. The molecule has 14 atom stereocenters. The molecule has 266 valence electrons. The zero-order chi connectivity index (χ0) is 34.3. The van der Waals surface area contributed by atoms with Crippen molar-refractivity contribution in [3.8, 4) is 0 Å². The van der Waals surface area contributed by atoms with Crippen LogP contribution in [-0.2, 0) is 17.6 Å². The molecule has 0 amide bonds. The Morgan fingerprint density at radius 2 is 1.44 bits per heavy atom. The average molecular weight is 667 g/mol. The lowest BCUT2D eigenvalue weighted by atomic mass is 9.44. The van der Waals surface area contributed by atoms with E-state index in [0.717, 1.165) is 66.8 Å². The number of halogens is 1. The molecule has 1 aromatic heterocycles. The first-order chi connectivity index (χ1) is 22.4. The Bertz CT molecular complexity index is 1520. The summed E-state index contributed by atoms with van der Waals surface area (Å²) in [5.74, 6) is 2.91. The second kappa shape index (κ2) is 10.5. The van der Waals surface area contributed by atoms with E-state index in [0.29, 0.717) is 43.4 Å². The number of fused-ring (bicyclic) bond motifs is 11. The zero-order valence-corrected chi connectivity index (χ0v) is 30.2. The molecule has 3 N–H and O–H groups in total. The van der Waals surface area contributed by atoms with Crippen molar-refractivity contribution in [3.63, 3.8) is 0 Å². The molecular formula is C40H59FN2O5. The van der Waals surface area contributed by atoms with Gasteiger partial charge in [0.2, 0.25) is 0 Å². The van der Waals surface area contributed by atoms with E-state index < -0.39 is 33.8 Å². The molecule has 48 heavy (non-hydrogen) atoms. The van der Waals surface area contributed by atoms with Crippen molar-refractivity contribution in [3.05, 3.63) is 23.0 Å². The largest absolute Gasteiger partial charge is 0.390 e. The van der Waals surface area contributed by atoms with Crippen LogP contribution in [-0.4, -0.2) is 54.4 Å². The molecule has 0 saturated heterocycles. The van der Waals surface area contributed by atoms with Crippen molar-refractivity contribution >= 4 is 5.78 Å². The van der Waals surface area contributed by atoms with E-state index in [1.54, 1.807) is 6.08 Å². The SMILES string of the molecule is C[C@]1(O)CC[C@H]2[C@@H]3CCC4=CC(=O)CC[C@]4(C)[C@@]3(F)[C@@H](O)C[C@@]21C.C[C@]12Cc3nonc3C[C@@H]1CC[C@@H]1[C@@H]2CC[C@@]2(C)[C@H]1CC[C@]2(C)O. The van der Waals surface area contributed by atoms with Gasteiger partial charge in [-0.1, -0.05) is 43.6 Å². The van der Waals surface area contributed by atoms with Crippen molar-refractivity contribution in [2.24, 2.45) is 57.2 Å². The summed E-state index contributed by atoms with van der Waals surface area (Å²) in [7, 11) is 0. The summed E-state index contributed by atoms with van der Waals surface area (Å²) in [6.07, 6.45) is 14.0. The number of nitrogens with zero attached hydrogens (tertiary/aromatic N) is 2. The molecule has 8 aliphatic carbocycles. The van der Waals surface area contributed by atoms with Crippen LogP contribution in [0.2, 0.25) is 0 Å². The molecule has 9 rings (SSSR count). The quantitative estimate of drug-likeness (QED) is 0.270. The van der Waals surface area contributed by atoms with Crippen LogP contribution in [0.4, 0.5) is 4.39 Å². The van der Waals surface area contributed by atoms with Gasteiger partial charge in [0.1, 0.15) is 17.1 Å². The van der Waals surface area contributed by atoms with Crippen LogP contribution in [0.25, 0.3) is 0 Å². The normalized spacial score (nSPS) is 55.0. The Balaban J connectivity index is 0.000000140. The highest BCUT2D eigenvalue weighted by Gasteiger charge is 2.72. The number of carbonyl (C=O) groups is 1. The molecule has 0 radical (unpaired) electrons. The molecule has 0 aliphatic heterocycles. The second-order valence-corrected chi connectivity index (χ2v) is 19.4. The highest BCUT2D eigenvalue weighted by Crippen LogP contribution is 2.71. The van der Waals surface area contributed by atoms with Crippen molar-refractivity contribution in [2.75, 3.05) is 0 Å². The number of hydrogen-bond donors (Lipinski definition) is 3. The molecule has 6 fully saturated rings. The third kappa shape index (κ3) is 4.17. The van der Waals surface area contributed by atoms with Crippen LogP contribution >= 0.6 is 0 Å². The van der Waals surface area contributed by atoms with Gasteiger partial charge in [0, 0.05) is 29.6 Å². The molecule has 7 nitrogen and oxygen atoms in total. The fraction of sp³-hybridized carbons (Fsp3) is 0.875. The summed E-state index contributed by atoms with van der Waals surface area (Å²) in [6, 6.07) is 0. The summed E-state index contributed by atoms with van der Waals surface area (Å²) >= 11 is 0. The van der Waals surface area contributed by atoms with Crippen LogP contribution in [0.5, 0.6) is 0 Å². The lowest BCUT2D eigenvalue weighted by Gasteiger charge is -2.63. The number of aliphatic hydroxyl groups is 3. The van der Waals surface area contributed by atoms with E-state index in [4.69, 9.17) is 4.63 Å². The summed E-state index contributed by atoms with van der Waals surface area (Å²) < 4.78 is 21.7. The Morgan fingerprint density at radius 1 is 0.771 bits per heavy atom. The van der Waals surface area contributed by atoms with Gasteiger partial charge in [-0.25, -0.2) is 9.02 Å². The number of rotatable bonds is 0. The van der Waals surface area contributed by atoms with E-state index in [-0.39, 0.29) is 23.0 Å². The van der Waals surface area contributed by atoms with Crippen LogP contribution in [0.15, 0.2) is 16.3 Å². The Kier molecular flexibility index (Phi) is 7.30. The first-order valence-electron chi connectivity index (χ1n) is 19.3. The minimum Gasteiger partial charge on any atom is -0.390 e. The summed E-state index contributed by atoms with van der Waals surface area (Å²) in [5.41, 5.74) is -0.630. The number of ketones is 1. The molecule has 0 unspecified atom stereocenters. The maximum absolute atomic E-state index is 16.6. The molecule has 1 aromatic rings. The third-order valence-electron chi connectivity index (χ3n) is 17.9. The number of carbonyl (C=O) groups excluding carboxylic acids is 1. The molecule has 0 spiro atoms. The van der Waals surface area contributed by atoms with Crippen LogP contribution < -0.4 is 0 Å². The predicted octanol–water partition coefficient (Wildman–Crippen LogP) is 7.11. The van der Waals surface area contributed by atoms with Crippen molar-refractivity contribution in [2.45, 2.75) is 161 Å². The Morgan fingerprint density at radius 3 is 2.19 bits per heavy atom. The van der Waals surface area contributed by atoms with Gasteiger partial charge in [0.05, 0.1) is 17.3 Å². The first-order valence-corrected chi connectivity index (χ1v) is 19.3. The number of hydrogen-bond acceptors (Lipinski definition) is 7. The van der Waals surface area contributed by atoms with E-state index >= 15 is 4.39 Å². The van der Waals surface area contributed by atoms with Crippen molar-refractivity contribution < 1.29 is 29.1 Å². The van der Waals surface area contributed by atoms with Crippen LogP contribution in [0.1, 0.15) is 136 Å². The van der Waals surface area contributed by atoms with Crippen molar-refractivity contribution in [1.29, 1.82) is 0 Å². The van der Waals surface area contributed by atoms with Gasteiger partial charge in [-0.2, -0.15) is 0 Å². The van der Waals surface area contributed by atoms with Gasteiger partial charge in [-0.05, 0) is 144 Å². The Labute approximate surface area is 285 Å². The minimum absolute atomic E-state index is 0.0865. The minimum atomic E-state index is -1.69. The van der Waals surface area contributed by atoms with E-state index in [9.17, 15) is 20.1 Å². The number of alkyl halides is 1. The first kappa shape index (κ1) is 33.5. The Hall–Kier alpha value is -1.64. The number of aromatic nitrogens is 2. The van der Waals surface area contributed by atoms with Crippen molar-refractivity contribution in [1.82, 2.24) is 10.3 Å². The number of allylic oxidation sites excluding steroid dienone is 1. The molecule has 0 bridgehead atoms. The fourth-order valence-corrected chi connectivity index (χ4v) is 14.3. The maximum atomic E-state index is 16.6. The van der Waals surface area contributed by atoms with E-state index in [2.05, 4.69) is 31.1 Å². The summed E-state index contributed by atoms with van der Waals surface area (Å²) in [6.45, 7) is 12.8. The second-order valence-electron chi connectivity index (χ2n) is 19.4. The van der Waals surface area contributed by atoms with Crippen LogP contribution in [0.3, 0.4) is 0 Å². The third-order valence-corrected chi connectivity index (χ3v) is 17.9. The highest BCUT2D eigenvalue weighted by molar-refractivity contribution is 5.91. The van der Waals surface area contributed by atoms with Gasteiger partial charge >= 0.3 is 0 Å². The average Bonchev–Trinajstić information content (AvgIpc) is 3.64. The smallest absolute Gasteiger partial charge is 0.155 e. The molecule has 8 aliphatic rings. The van der Waals surface area contributed by atoms with Crippen LogP contribution in [0, 0.1) is 57.2 Å². The molecule has 8 heteroatoms. The van der Waals surface area contributed by atoms with Gasteiger partial charge in [0.25, 0.3) is 0 Å². The van der Waals surface area contributed by atoms with E-state index in [1.165, 1.54) is 32.1 Å². The highest BCUT2D eigenvalue weighted by atomic mass is 19.1. The van der Waals surface area contributed by atoms with Gasteiger partial charge < -0.3 is 15.3 Å². The molecular weight excluding hydrogens is 607 g/mol. The topological polar surface area (TPSA) is 117 Å². The summed E-state index contributed by atoms with van der Waals surface area (Å²) in [4.78, 5) is 11.8.